The van der Waals surface area contributed by atoms with Crippen LogP contribution in [0.15, 0.2) is 24.3 Å². The minimum absolute atomic E-state index is 0.511. The molecule has 0 radical (unpaired) electrons. The lowest BCUT2D eigenvalue weighted by Gasteiger charge is -2.11. The maximum Gasteiger partial charge on any atom is 0.159 e. The molecule has 0 saturated heterocycles. The first-order valence-corrected chi connectivity index (χ1v) is 6.15. The van der Waals surface area contributed by atoms with Crippen LogP contribution in [-0.4, -0.2) is 10.2 Å². The highest BCUT2D eigenvalue weighted by molar-refractivity contribution is 6.34. The lowest BCUT2D eigenvalue weighted by Crippen LogP contribution is -2.00. The Hall–Kier alpha value is -1.15. The normalized spacial score (nSPS) is 17.1. The fraction of sp³-hybridized carbons (Fsp3) is 0.385. The summed E-state index contributed by atoms with van der Waals surface area (Å²) in [5.74, 6) is 0.578. The molecule has 1 saturated carbocycles. The van der Waals surface area contributed by atoms with Crippen LogP contribution in [0.2, 0.25) is 5.15 Å². The number of fused-ring (bicyclic) bond motifs is 1. The molecule has 1 heterocycles. The first-order chi connectivity index (χ1) is 7.86. The molecule has 3 heteroatoms. The first kappa shape index (κ1) is 10.0. The van der Waals surface area contributed by atoms with Crippen molar-refractivity contribution in [3.05, 3.63) is 35.1 Å². The summed E-state index contributed by atoms with van der Waals surface area (Å²) >= 11 is 6.06. The Balaban J connectivity index is 2.21. The van der Waals surface area contributed by atoms with Gasteiger partial charge in [-0.3, -0.25) is 0 Å². The van der Waals surface area contributed by atoms with E-state index < -0.39 is 0 Å². The van der Waals surface area contributed by atoms with Gasteiger partial charge in [0, 0.05) is 16.7 Å². The maximum absolute atomic E-state index is 6.06. The largest absolute Gasteiger partial charge is 0.159 e. The lowest BCUT2D eigenvalue weighted by atomic mass is 9.99. The van der Waals surface area contributed by atoms with E-state index in [9.17, 15) is 0 Å². The highest BCUT2D eigenvalue weighted by Gasteiger charge is 2.21. The van der Waals surface area contributed by atoms with Crippen molar-refractivity contribution in [1.29, 1.82) is 0 Å². The van der Waals surface area contributed by atoms with Crippen LogP contribution in [0.3, 0.4) is 0 Å². The monoisotopic (exact) mass is 232 g/mol. The first-order valence-electron chi connectivity index (χ1n) is 5.77. The summed E-state index contributed by atoms with van der Waals surface area (Å²) in [6.45, 7) is 0. The van der Waals surface area contributed by atoms with Crippen LogP contribution >= 0.6 is 11.6 Å². The topological polar surface area (TPSA) is 25.8 Å². The van der Waals surface area contributed by atoms with Gasteiger partial charge in [-0.25, -0.2) is 0 Å². The number of rotatable bonds is 1. The van der Waals surface area contributed by atoms with E-state index in [-0.39, 0.29) is 0 Å². The molecule has 1 aliphatic rings. The van der Waals surface area contributed by atoms with Gasteiger partial charge >= 0.3 is 0 Å². The van der Waals surface area contributed by atoms with Gasteiger partial charge in [0.05, 0.1) is 5.69 Å². The number of hydrogen-bond acceptors (Lipinski definition) is 2. The predicted molar refractivity (Wildman–Crippen MR) is 65.8 cm³/mol. The quantitative estimate of drug-likeness (QED) is 0.744. The SMILES string of the molecule is Clc1nnc(C2CCCC2)c2ccccc12. The van der Waals surface area contributed by atoms with Gasteiger partial charge in [0.25, 0.3) is 0 Å². The van der Waals surface area contributed by atoms with Gasteiger partial charge in [-0.1, -0.05) is 48.7 Å². The number of aromatic nitrogens is 2. The Morgan fingerprint density at radius 2 is 1.69 bits per heavy atom. The summed E-state index contributed by atoms with van der Waals surface area (Å²) in [5.41, 5.74) is 1.14. The molecule has 0 bridgehead atoms. The second-order valence-electron chi connectivity index (χ2n) is 4.40. The van der Waals surface area contributed by atoms with E-state index in [1.807, 2.05) is 18.2 Å². The molecule has 3 rings (SSSR count). The Morgan fingerprint density at radius 3 is 2.44 bits per heavy atom. The lowest BCUT2D eigenvalue weighted by molar-refractivity contribution is 0.689. The van der Waals surface area contributed by atoms with Crippen molar-refractivity contribution in [1.82, 2.24) is 10.2 Å². The number of hydrogen-bond donors (Lipinski definition) is 0. The molecule has 2 nitrogen and oxygen atoms in total. The van der Waals surface area contributed by atoms with E-state index in [0.717, 1.165) is 11.1 Å². The second-order valence-corrected chi connectivity index (χ2v) is 4.76. The van der Waals surface area contributed by atoms with Crippen molar-refractivity contribution in [2.75, 3.05) is 0 Å². The van der Waals surface area contributed by atoms with Crippen molar-refractivity contribution in [3.8, 4) is 0 Å². The van der Waals surface area contributed by atoms with Gasteiger partial charge in [-0.15, -0.1) is 5.10 Å². The van der Waals surface area contributed by atoms with E-state index in [1.165, 1.54) is 31.1 Å². The molecule has 0 amide bonds. The van der Waals surface area contributed by atoms with Gasteiger partial charge in [0.2, 0.25) is 0 Å². The second kappa shape index (κ2) is 4.02. The van der Waals surface area contributed by atoms with Crippen LogP contribution in [0.25, 0.3) is 10.8 Å². The smallest absolute Gasteiger partial charge is 0.153 e. The van der Waals surface area contributed by atoms with E-state index in [1.54, 1.807) is 0 Å². The van der Waals surface area contributed by atoms with Gasteiger partial charge in [0.15, 0.2) is 5.15 Å². The van der Waals surface area contributed by atoms with Crippen LogP contribution in [0.5, 0.6) is 0 Å². The van der Waals surface area contributed by atoms with Crippen molar-refractivity contribution < 1.29 is 0 Å². The van der Waals surface area contributed by atoms with Gasteiger partial charge < -0.3 is 0 Å². The van der Waals surface area contributed by atoms with Crippen LogP contribution in [0.1, 0.15) is 37.3 Å². The fourth-order valence-electron chi connectivity index (χ4n) is 2.59. The summed E-state index contributed by atoms with van der Waals surface area (Å²) < 4.78 is 0. The molecular weight excluding hydrogens is 220 g/mol. The predicted octanol–water partition coefficient (Wildman–Crippen LogP) is 3.94. The van der Waals surface area contributed by atoms with E-state index in [0.29, 0.717) is 11.1 Å². The molecule has 0 N–H and O–H groups in total. The molecule has 0 spiro atoms. The van der Waals surface area contributed by atoms with Crippen molar-refractivity contribution in [2.24, 2.45) is 0 Å². The molecule has 2 aromatic rings. The van der Waals surface area contributed by atoms with Gasteiger partial charge in [-0.2, -0.15) is 5.10 Å². The third-order valence-corrected chi connectivity index (χ3v) is 3.69. The molecule has 0 unspecified atom stereocenters. The van der Waals surface area contributed by atoms with Crippen molar-refractivity contribution >= 4 is 22.4 Å². The molecule has 82 valence electrons. The number of halogens is 1. The Morgan fingerprint density at radius 1 is 1.00 bits per heavy atom. The van der Waals surface area contributed by atoms with Crippen molar-refractivity contribution in [3.63, 3.8) is 0 Å². The van der Waals surface area contributed by atoms with E-state index in [4.69, 9.17) is 11.6 Å². The van der Waals surface area contributed by atoms with Crippen molar-refractivity contribution in [2.45, 2.75) is 31.6 Å². The zero-order chi connectivity index (χ0) is 11.0. The summed E-state index contributed by atoms with van der Waals surface area (Å²) in [7, 11) is 0. The Kier molecular flexibility index (Phi) is 2.52. The number of benzene rings is 1. The molecule has 0 atom stereocenters. The van der Waals surface area contributed by atoms with Crippen LogP contribution < -0.4 is 0 Å². The Bertz CT molecular complexity index is 518. The zero-order valence-electron chi connectivity index (χ0n) is 8.99. The Labute approximate surface area is 99.6 Å². The molecule has 1 aromatic heterocycles. The highest BCUT2D eigenvalue weighted by Crippen LogP contribution is 2.36. The highest BCUT2D eigenvalue weighted by atomic mass is 35.5. The van der Waals surface area contributed by atoms with E-state index >= 15 is 0 Å². The minimum atomic E-state index is 0.511. The van der Waals surface area contributed by atoms with Gasteiger partial charge in [0.1, 0.15) is 0 Å². The molecule has 16 heavy (non-hydrogen) atoms. The molecular formula is C13H13ClN2. The average Bonchev–Trinajstić information content (AvgIpc) is 2.83. The summed E-state index contributed by atoms with van der Waals surface area (Å²) in [4.78, 5) is 0. The molecule has 1 aliphatic carbocycles. The average molecular weight is 233 g/mol. The fourth-order valence-corrected chi connectivity index (χ4v) is 2.80. The van der Waals surface area contributed by atoms with Crippen LogP contribution in [-0.2, 0) is 0 Å². The number of nitrogens with zero attached hydrogens (tertiary/aromatic N) is 2. The standard InChI is InChI=1S/C13H13ClN2/c14-13-11-8-4-3-7-10(11)12(15-16-13)9-5-1-2-6-9/h3-4,7-9H,1-2,5-6H2. The molecule has 1 aromatic carbocycles. The summed E-state index contributed by atoms with van der Waals surface area (Å²) in [6, 6.07) is 8.15. The molecule has 0 aliphatic heterocycles. The van der Waals surface area contributed by atoms with E-state index in [2.05, 4.69) is 16.3 Å². The maximum atomic E-state index is 6.06. The third kappa shape index (κ3) is 1.57. The van der Waals surface area contributed by atoms with Crippen LogP contribution in [0.4, 0.5) is 0 Å². The third-order valence-electron chi connectivity index (χ3n) is 3.41. The summed E-state index contributed by atoms with van der Waals surface area (Å²) in [6.07, 6.45) is 5.09. The molecule has 1 fully saturated rings. The van der Waals surface area contributed by atoms with Gasteiger partial charge in [-0.05, 0) is 12.8 Å². The van der Waals surface area contributed by atoms with Crippen LogP contribution in [0, 0.1) is 0 Å². The zero-order valence-corrected chi connectivity index (χ0v) is 9.74. The minimum Gasteiger partial charge on any atom is -0.153 e. The summed E-state index contributed by atoms with van der Waals surface area (Å²) in [5, 5.41) is 11.1.